The van der Waals surface area contributed by atoms with Crippen molar-refractivity contribution < 1.29 is 0 Å². The van der Waals surface area contributed by atoms with E-state index < -0.39 is 0 Å². The molecular formula is C18H26N6OS. The maximum atomic E-state index is 12.0. The van der Waals surface area contributed by atoms with Crippen LogP contribution in [0.15, 0.2) is 16.9 Å². The highest BCUT2D eigenvalue weighted by molar-refractivity contribution is 7.15. The Hall–Kier alpha value is -1.96. The minimum absolute atomic E-state index is 0.0445. The van der Waals surface area contributed by atoms with Crippen LogP contribution in [0.2, 0.25) is 0 Å². The molecule has 4 rings (SSSR count). The van der Waals surface area contributed by atoms with Gasteiger partial charge in [-0.2, -0.15) is 5.10 Å². The summed E-state index contributed by atoms with van der Waals surface area (Å²) in [5.74, 6) is 1.54. The summed E-state index contributed by atoms with van der Waals surface area (Å²) in [5.41, 5.74) is -0.0445. The second kappa shape index (κ2) is 7.34. The summed E-state index contributed by atoms with van der Waals surface area (Å²) >= 11 is 1.68. The van der Waals surface area contributed by atoms with Crippen molar-refractivity contribution in [3.63, 3.8) is 0 Å². The van der Waals surface area contributed by atoms with Gasteiger partial charge in [0.2, 0.25) is 5.13 Å². The second-order valence-electron chi connectivity index (χ2n) is 7.51. The van der Waals surface area contributed by atoms with Crippen LogP contribution in [-0.2, 0) is 0 Å². The summed E-state index contributed by atoms with van der Waals surface area (Å²) in [7, 11) is 0. The first-order valence-corrected chi connectivity index (χ1v) is 10.4. The predicted octanol–water partition coefficient (Wildman–Crippen LogP) is 3.02. The standard InChI is InChI=1S/C18H26N6OS/c1-12(2)24-16(25)9-8-15(22-24)23-10-4-3-5-14(23)11-19-18-21-20-17(26-18)13-6-7-13/h8-9,12-14H,3-7,10-11H2,1-2H3,(H,19,21). The lowest BCUT2D eigenvalue weighted by molar-refractivity contribution is 0.451. The van der Waals surface area contributed by atoms with Crippen molar-refractivity contribution in [2.24, 2.45) is 0 Å². The molecule has 0 amide bonds. The lowest BCUT2D eigenvalue weighted by atomic mass is 10.0. The molecule has 1 atom stereocenters. The molecule has 2 aromatic heterocycles. The van der Waals surface area contributed by atoms with E-state index in [2.05, 4.69) is 25.5 Å². The van der Waals surface area contributed by atoms with Crippen LogP contribution in [0.3, 0.4) is 0 Å². The molecule has 1 saturated carbocycles. The first kappa shape index (κ1) is 17.5. The number of anilines is 2. The molecule has 0 spiro atoms. The number of hydrogen-bond acceptors (Lipinski definition) is 7. The minimum Gasteiger partial charge on any atom is -0.358 e. The Kier molecular flexibility index (Phi) is 4.93. The summed E-state index contributed by atoms with van der Waals surface area (Å²) in [6, 6.07) is 3.90. The molecule has 7 nitrogen and oxygen atoms in total. The van der Waals surface area contributed by atoms with Gasteiger partial charge in [0, 0.05) is 31.1 Å². The largest absolute Gasteiger partial charge is 0.358 e. The molecule has 1 aliphatic carbocycles. The van der Waals surface area contributed by atoms with Gasteiger partial charge >= 0.3 is 0 Å². The molecule has 0 radical (unpaired) electrons. The molecule has 8 heteroatoms. The van der Waals surface area contributed by atoms with Gasteiger partial charge in [-0.3, -0.25) is 4.79 Å². The number of piperidine rings is 1. The SMILES string of the molecule is CC(C)n1nc(N2CCCCC2CNc2nnc(C3CC3)s2)ccc1=O. The fraction of sp³-hybridized carbons (Fsp3) is 0.667. The molecule has 1 N–H and O–H groups in total. The van der Waals surface area contributed by atoms with E-state index in [4.69, 9.17) is 0 Å². The van der Waals surface area contributed by atoms with Gasteiger partial charge < -0.3 is 10.2 Å². The normalized spacial score (nSPS) is 20.6. The van der Waals surface area contributed by atoms with E-state index >= 15 is 0 Å². The van der Waals surface area contributed by atoms with Gasteiger partial charge in [-0.25, -0.2) is 4.68 Å². The molecule has 2 aromatic rings. The van der Waals surface area contributed by atoms with Gasteiger partial charge in [0.15, 0.2) is 0 Å². The zero-order valence-corrected chi connectivity index (χ0v) is 16.2. The van der Waals surface area contributed by atoms with Crippen LogP contribution in [0.4, 0.5) is 10.9 Å². The van der Waals surface area contributed by atoms with Crippen LogP contribution in [0.5, 0.6) is 0 Å². The van der Waals surface area contributed by atoms with Gasteiger partial charge in [0.05, 0.1) is 6.04 Å². The molecule has 1 unspecified atom stereocenters. The van der Waals surface area contributed by atoms with E-state index in [1.54, 1.807) is 22.1 Å². The fourth-order valence-electron chi connectivity index (χ4n) is 3.46. The Balaban J connectivity index is 1.47. The molecule has 3 heterocycles. The average Bonchev–Trinajstić information content (AvgIpc) is 3.39. The molecule has 2 aliphatic rings. The highest BCUT2D eigenvalue weighted by Crippen LogP contribution is 2.42. The van der Waals surface area contributed by atoms with Crippen LogP contribution in [0.25, 0.3) is 0 Å². The van der Waals surface area contributed by atoms with Crippen molar-refractivity contribution in [2.45, 2.75) is 64.0 Å². The molecule has 1 saturated heterocycles. The summed E-state index contributed by atoms with van der Waals surface area (Å²) in [6.45, 7) is 5.77. The van der Waals surface area contributed by atoms with E-state index in [0.29, 0.717) is 12.0 Å². The van der Waals surface area contributed by atoms with Crippen molar-refractivity contribution >= 4 is 22.3 Å². The zero-order valence-electron chi connectivity index (χ0n) is 15.4. The monoisotopic (exact) mass is 374 g/mol. The van der Waals surface area contributed by atoms with Gasteiger partial charge in [-0.05, 0) is 52.0 Å². The maximum Gasteiger partial charge on any atom is 0.267 e. The average molecular weight is 375 g/mol. The van der Waals surface area contributed by atoms with Gasteiger partial charge in [0.1, 0.15) is 10.8 Å². The van der Waals surface area contributed by atoms with E-state index in [1.165, 1.54) is 24.3 Å². The van der Waals surface area contributed by atoms with E-state index in [9.17, 15) is 4.79 Å². The zero-order chi connectivity index (χ0) is 18.1. The minimum atomic E-state index is -0.0445. The number of nitrogens with one attached hydrogen (secondary N) is 1. The van der Waals surface area contributed by atoms with Crippen LogP contribution in [-0.4, -0.2) is 39.1 Å². The molecule has 140 valence electrons. The lowest BCUT2D eigenvalue weighted by Crippen LogP contribution is -2.45. The Morgan fingerprint density at radius 3 is 2.85 bits per heavy atom. The second-order valence-corrected chi connectivity index (χ2v) is 8.52. The summed E-state index contributed by atoms with van der Waals surface area (Å²) in [4.78, 5) is 14.3. The molecule has 26 heavy (non-hydrogen) atoms. The third-order valence-electron chi connectivity index (χ3n) is 5.08. The highest BCUT2D eigenvalue weighted by atomic mass is 32.1. The highest BCUT2D eigenvalue weighted by Gasteiger charge is 2.28. The van der Waals surface area contributed by atoms with Crippen LogP contribution in [0, 0.1) is 0 Å². The van der Waals surface area contributed by atoms with Crippen LogP contribution in [0.1, 0.15) is 62.9 Å². The van der Waals surface area contributed by atoms with E-state index in [1.807, 2.05) is 19.9 Å². The summed E-state index contributed by atoms with van der Waals surface area (Å²) in [6.07, 6.45) is 5.99. The number of aromatic nitrogens is 4. The quantitative estimate of drug-likeness (QED) is 0.838. The number of rotatable bonds is 6. The maximum absolute atomic E-state index is 12.0. The van der Waals surface area contributed by atoms with Gasteiger partial charge in [0.25, 0.3) is 5.56 Å². The third kappa shape index (κ3) is 3.75. The van der Waals surface area contributed by atoms with Crippen molar-refractivity contribution in [3.05, 3.63) is 27.5 Å². The van der Waals surface area contributed by atoms with E-state index in [0.717, 1.165) is 36.9 Å². The van der Waals surface area contributed by atoms with Gasteiger partial charge in [-0.1, -0.05) is 11.3 Å². The smallest absolute Gasteiger partial charge is 0.267 e. The molecule has 2 fully saturated rings. The lowest BCUT2D eigenvalue weighted by Gasteiger charge is -2.36. The van der Waals surface area contributed by atoms with Crippen LogP contribution < -0.4 is 15.8 Å². The van der Waals surface area contributed by atoms with Crippen molar-refractivity contribution in [1.82, 2.24) is 20.0 Å². The summed E-state index contributed by atoms with van der Waals surface area (Å²) < 4.78 is 1.57. The van der Waals surface area contributed by atoms with Gasteiger partial charge in [-0.15, -0.1) is 10.2 Å². The first-order chi connectivity index (χ1) is 12.6. The Morgan fingerprint density at radius 2 is 2.08 bits per heavy atom. The first-order valence-electron chi connectivity index (χ1n) is 9.55. The third-order valence-corrected chi connectivity index (χ3v) is 6.12. The van der Waals surface area contributed by atoms with Crippen molar-refractivity contribution in [3.8, 4) is 0 Å². The molecular weight excluding hydrogens is 348 g/mol. The summed E-state index contributed by atoms with van der Waals surface area (Å²) in [5, 5.41) is 18.8. The Labute approximate surface area is 157 Å². The Bertz CT molecular complexity index is 812. The fourth-order valence-corrected chi connectivity index (χ4v) is 4.38. The van der Waals surface area contributed by atoms with Crippen molar-refractivity contribution in [1.29, 1.82) is 0 Å². The number of hydrogen-bond donors (Lipinski definition) is 1. The predicted molar refractivity (Wildman–Crippen MR) is 104 cm³/mol. The van der Waals surface area contributed by atoms with Crippen molar-refractivity contribution in [2.75, 3.05) is 23.3 Å². The van der Waals surface area contributed by atoms with E-state index in [-0.39, 0.29) is 11.6 Å². The number of nitrogens with zero attached hydrogens (tertiary/aromatic N) is 5. The molecule has 0 bridgehead atoms. The molecule has 1 aliphatic heterocycles. The Morgan fingerprint density at radius 1 is 1.23 bits per heavy atom. The molecule has 0 aromatic carbocycles. The van der Waals surface area contributed by atoms with Crippen LogP contribution >= 0.6 is 11.3 Å². The topological polar surface area (TPSA) is 75.9 Å².